The maximum Gasteiger partial charge on any atom is 0.327 e. The molecule has 30 heavy (non-hydrogen) atoms. The zero-order chi connectivity index (χ0) is 21.3. The zero-order valence-electron chi connectivity index (χ0n) is 16.4. The van der Waals surface area contributed by atoms with Gasteiger partial charge in [-0.05, 0) is 37.8 Å². The quantitative estimate of drug-likeness (QED) is 0.644. The lowest BCUT2D eigenvalue weighted by Crippen LogP contribution is -2.40. The second-order valence-electron chi connectivity index (χ2n) is 7.62. The third kappa shape index (κ3) is 4.82. The molecule has 160 valence electrons. The molecule has 1 saturated carbocycles. The molecule has 1 aliphatic carbocycles. The van der Waals surface area contributed by atoms with Gasteiger partial charge in [-0.3, -0.25) is 10.2 Å². The van der Waals surface area contributed by atoms with Crippen molar-refractivity contribution in [2.24, 2.45) is 0 Å². The topological polar surface area (TPSA) is 116 Å². The van der Waals surface area contributed by atoms with Gasteiger partial charge in [-0.2, -0.15) is 4.98 Å². The molecule has 2 heterocycles. The molecule has 1 aromatic heterocycles. The fourth-order valence-corrected chi connectivity index (χ4v) is 4.90. The maximum atomic E-state index is 12.6. The Hall–Kier alpha value is -2.43. The lowest BCUT2D eigenvalue weighted by molar-refractivity contribution is 0.256. The minimum Gasteiger partial charge on any atom is -0.351 e. The summed E-state index contributed by atoms with van der Waals surface area (Å²) in [7, 11) is -3.19. The molecule has 0 spiro atoms. The van der Waals surface area contributed by atoms with Gasteiger partial charge in [-0.15, -0.1) is 0 Å². The number of nitrogens with zero attached hydrogens (tertiary/aromatic N) is 3. The zero-order valence-corrected chi connectivity index (χ0v) is 18.0. The first-order valence-electron chi connectivity index (χ1n) is 9.71. The van der Waals surface area contributed by atoms with Crippen LogP contribution in [0.5, 0.6) is 0 Å². The average Bonchev–Trinajstić information content (AvgIpc) is 2.68. The van der Waals surface area contributed by atoms with Gasteiger partial charge < -0.3 is 5.32 Å². The monoisotopic (exact) mass is 450 g/mol. The Bertz CT molecular complexity index is 1060. The normalized spacial score (nSPS) is 21.7. The highest BCUT2D eigenvalue weighted by atomic mass is 35.5. The second-order valence-corrected chi connectivity index (χ2v) is 9.81. The summed E-state index contributed by atoms with van der Waals surface area (Å²) in [6.07, 6.45) is 5.99. The molecule has 0 saturated heterocycles. The summed E-state index contributed by atoms with van der Waals surface area (Å²) in [5, 5.41) is 6.60. The highest BCUT2D eigenvalue weighted by molar-refractivity contribution is 7.88. The van der Waals surface area contributed by atoms with Crippen molar-refractivity contribution < 1.29 is 13.2 Å². The van der Waals surface area contributed by atoms with E-state index in [1.165, 1.54) is 6.26 Å². The van der Waals surface area contributed by atoms with Crippen molar-refractivity contribution in [1.82, 2.24) is 14.7 Å². The van der Waals surface area contributed by atoms with E-state index < -0.39 is 10.0 Å². The molecule has 9 nitrogen and oxygen atoms in total. The number of sulfonamides is 1. The summed E-state index contributed by atoms with van der Waals surface area (Å²) in [5.41, 5.74) is 1.42. The van der Waals surface area contributed by atoms with Crippen LogP contribution >= 0.6 is 11.6 Å². The first-order chi connectivity index (χ1) is 14.3. The van der Waals surface area contributed by atoms with Crippen molar-refractivity contribution in [2.75, 3.05) is 21.8 Å². The number of fused-ring (bicyclic) bond motifs is 1. The van der Waals surface area contributed by atoms with Crippen LogP contribution in [0.15, 0.2) is 30.5 Å². The summed E-state index contributed by atoms with van der Waals surface area (Å²) in [5.74, 6) is 0.924. The van der Waals surface area contributed by atoms with Crippen molar-refractivity contribution in [3.8, 4) is 0 Å². The van der Waals surface area contributed by atoms with Crippen LogP contribution in [0.25, 0.3) is 0 Å². The van der Waals surface area contributed by atoms with Crippen LogP contribution < -0.4 is 20.3 Å². The smallest absolute Gasteiger partial charge is 0.327 e. The van der Waals surface area contributed by atoms with E-state index in [0.717, 1.165) is 31.2 Å². The summed E-state index contributed by atoms with van der Waals surface area (Å²) < 4.78 is 25.4. The molecular weight excluding hydrogens is 428 g/mol. The number of amides is 2. The van der Waals surface area contributed by atoms with Gasteiger partial charge in [0.15, 0.2) is 0 Å². The fourth-order valence-electron chi connectivity index (χ4n) is 3.82. The summed E-state index contributed by atoms with van der Waals surface area (Å²) >= 11 is 6.23. The minimum absolute atomic E-state index is 0.0300. The Labute approximate surface area is 180 Å². The molecule has 2 amide bonds. The Morgan fingerprint density at radius 2 is 1.87 bits per heavy atom. The number of benzene rings is 1. The second kappa shape index (κ2) is 8.37. The van der Waals surface area contributed by atoms with Gasteiger partial charge in [0, 0.05) is 23.8 Å². The molecule has 0 unspecified atom stereocenters. The van der Waals surface area contributed by atoms with Crippen molar-refractivity contribution in [3.05, 3.63) is 41.0 Å². The lowest BCUT2D eigenvalue weighted by atomic mass is 9.92. The number of hydrogen-bond acceptors (Lipinski definition) is 6. The van der Waals surface area contributed by atoms with Crippen molar-refractivity contribution in [1.29, 1.82) is 0 Å². The standard InChI is InChI=1S/C19H23ClN6O3S/c1-30(28,29)25-14-8-6-13(7-9-14)22-18-21-10-12-11-26(19(27)24-17(12)23-18)16-5-3-2-4-15(16)20/h2-5,10,13-14,25H,6-9,11H2,1H3,(H2,21,22,23,24,27)/t13-,14-. The molecule has 3 N–H and O–H groups in total. The van der Waals surface area contributed by atoms with E-state index in [1.807, 2.05) is 12.1 Å². The molecule has 0 radical (unpaired) electrons. The molecule has 0 bridgehead atoms. The average molecular weight is 451 g/mol. The van der Waals surface area contributed by atoms with Gasteiger partial charge in [-0.1, -0.05) is 23.7 Å². The number of urea groups is 1. The van der Waals surface area contributed by atoms with Crippen LogP contribution in [0.2, 0.25) is 5.02 Å². The van der Waals surface area contributed by atoms with Crippen molar-refractivity contribution in [2.45, 2.75) is 44.3 Å². The van der Waals surface area contributed by atoms with E-state index in [-0.39, 0.29) is 18.1 Å². The number of hydrogen-bond donors (Lipinski definition) is 3. The Morgan fingerprint density at radius 1 is 1.17 bits per heavy atom. The largest absolute Gasteiger partial charge is 0.351 e. The molecule has 1 fully saturated rings. The van der Waals surface area contributed by atoms with E-state index in [2.05, 4.69) is 25.3 Å². The summed E-state index contributed by atoms with van der Waals surface area (Å²) in [6, 6.07) is 6.99. The molecule has 2 aliphatic rings. The van der Waals surface area contributed by atoms with Crippen LogP contribution in [-0.4, -0.2) is 42.8 Å². The maximum absolute atomic E-state index is 12.6. The van der Waals surface area contributed by atoms with Gasteiger partial charge >= 0.3 is 6.03 Å². The summed E-state index contributed by atoms with van der Waals surface area (Å²) in [6.45, 7) is 0.327. The Balaban J connectivity index is 1.41. The van der Waals surface area contributed by atoms with E-state index >= 15 is 0 Å². The van der Waals surface area contributed by atoms with E-state index in [9.17, 15) is 13.2 Å². The fraction of sp³-hybridized carbons (Fsp3) is 0.421. The number of halogens is 1. The predicted octanol–water partition coefficient (Wildman–Crippen LogP) is 2.95. The number of rotatable bonds is 5. The van der Waals surface area contributed by atoms with Crippen LogP contribution in [0.1, 0.15) is 31.2 Å². The van der Waals surface area contributed by atoms with Crippen molar-refractivity contribution in [3.63, 3.8) is 0 Å². The number of carbonyl (C=O) groups excluding carboxylic acids is 1. The van der Waals surface area contributed by atoms with Gasteiger partial charge in [0.05, 0.1) is 23.5 Å². The van der Waals surface area contributed by atoms with Gasteiger partial charge in [0.1, 0.15) is 5.82 Å². The van der Waals surface area contributed by atoms with Crippen LogP contribution in [0.3, 0.4) is 0 Å². The van der Waals surface area contributed by atoms with E-state index in [0.29, 0.717) is 29.0 Å². The molecule has 1 aromatic carbocycles. The lowest BCUT2D eigenvalue weighted by Gasteiger charge is -2.31. The number of nitrogens with one attached hydrogen (secondary N) is 3. The number of carbonyl (C=O) groups is 1. The first kappa shape index (κ1) is 20.8. The number of anilines is 3. The van der Waals surface area contributed by atoms with Gasteiger partial charge in [-0.25, -0.2) is 22.9 Å². The molecular formula is C19H23ClN6O3S. The number of aromatic nitrogens is 2. The predicted molar refractivity (Wildman–Crippen MR) is 116 cm³/mol. The minimum atomic E-state index is -3.19. The third-order valence-corrected chi connectivity index (χ3v) is 6.33. The molecule has 11 heteroatoms. The van der Waals surface area contributed by atoms with Crippen LogP contribution in [0, 0.1) is 0 Å². The summed E-state index contributed by atoms with van der Waals surface area (Å²) in [4.78, 5) is 23.0. The van der Waals surface area contributed by atoms with Crippen LogP contribution in [0.4, 0.5) is 22.2 Å². The van der Waals surface area contributed by atoms with Crippen molar-refractivity contribution >= 4 is 45.1 Å². The molecule has 4 rings (SSSR count). The molecule has 0 atom stereocenters. The molecule has 1 aliphatic heterocycles. The van der Waals surface area contributed by atoms with Crippen LogP contribution in [-0.2, 0) is 16.6 Å². The third-order valence-electron chi connectivity index (χ3n) is 5.25. The highest BCUT2D eigenvalue weighted by Crippen LogP contribution is 2.31. The Kier molecular flexibility index (Phi) is 5.81. The van der Waals surface area contributed by atoms with E-state index in [1.54, 1.807) is 23.2 Å². The van der Waals surface area contributed by atoms with Gasteiger partial charge in [0.25, 0.3) is 0 Å². The molecule has 2 aromatic rings. The number of para-hydroxylation sites is 1. The SMILES string of the molecule is CS(=O)(=O)N[C@H]1CC[C@H](Nc2ncc3c(n2)NC(=O)N(c2ccccc2Cl)C3)CC1. The highest BCUT2D eigenvalue weighted by Gasteiger charge is 2.28. The first-order valence-corrected chi connectivity index (χ1v) is 12.0. The van der Waals surface area contributed by atoms with Gasteiger partial charge in [0.2, 0.25) is 16.0 Å². The van der Waals surface area contributed by atoms with E-state index in [4.69, 9.17) is 11.6 Å². The Morgan fingerprint density at radius 3 is 2.57 bits per heavy atom.